The number of carbonyl (C=O) groups is 2. The minimum atomic E-state index is -0.408. The van der Waals surface area contributed by atoms with Gasteiger partial charge in [-0.1, -0.05) is 24.3 Å². The van der Waals surface area contributed by atoms with Gasteiger partial charge in [0.2, 0.25) is 5.78 Å². The van der Waals surface area contributed by atoms with E-state index in [1.807, 2.05) is 42.5 Å². The Kier molecular flexibility index (Phi) is 4.86. The van der Waals surface area contributed by atoms with Crippen molar-refractivity contribution >= 4 is 28.9 Å². The second-order valence-electron chi connectivity index (χ2n) is 8.92. The van der Waals surface area contributed by atoms with E-state index in [0.29, 0.717) is 33.9 Å². The number of fused-ring (bicyclic) bond motifs is 4. The van der Waals surface area contributed by atoms with Gasteiger partial charge in [0.05, 0.1) is 30.1 Å². The highest BCUT2D eigenvalue weighted by Crippen LogP contribution is 2.49. The molecule has 0 aliphatic carbocycles. The van der Waals surface area contributed by atoms with Gasteiger partial charge in [-0.05, 0) is 42.0 Å². The van der Waals surface area contributed by atoms with Crippen LogP contribution in [0.4, 0.5) is 0 Å². The third-order valence-corrected chi connectivity index (χ3v) is 6.90. The molecular formula is C28H22N2O6. The number of Topliss-reactive ketones (excluding diaryl/α,β-unsaturated/α-hetero) is 1. The molecule has 0 saturated heterocycles. The number of aryl methyl sites for hydroxylation is 2. The van der Waals surface area contributed by atoms with Crippen LogP contribution in [0.15, 0.2) is 65.2 Å². The fourth-order valence-electron chi connectivity index (χ4n) is 5.06. The minimum absolute atomic E-state index is 0.0822. The highest BCUT2D eigenvalue weighted by molar-refractivity contribution is 6.15. The van der Waals surface area contributed by atoms with Gasteiger partial charge in [-0.2, -0.15) is 0 Å². The Labute approximate surface area is 205 Å². The van der Waals surface area contributed by atoms with Crippen LogP contribution in [0.3, 0.4) is 0 Å². The van der Waals surface area contributed by atoms with Crippen LogP contribution in [0.2, 0.25) is 0 Å². The quantitative estimate of drug-likeness (QED) is 0.250. The number of ketones is 1. The maximum absolute atomic E-state index is 13.3. The number of benzene rings is 3. The number of methoxy groups -OCH3 is 1. The van der Waals surface area contributed by atoms with Crippen molar-refractivity contribution < 1.29 is 23.8 Å². The molecule has 1 atom stereocenters. The molecule has 180 valence electrons. The number of aromatic nitrogens is 2. The van der Waals surface area contributed by atoms with Gasteiger partial charge in [0.1, 0.15) is 17.2 Å². The lowest BCUT2D eigenvalue weighted by Gasteiger charge is -2.26. The van der Waals surface area contributed by atoms with Crippen LogP contribution in [0.1, 0.15) is 39.4 Å². The summed E-state index contributed by atoms with van der Waals surface area (Å²) in [4.78, 5) is 38.2. The van der Waals surface area contributed by atoms with Crippen molar-refractivity contribution in [1.82, 2.24) is 9.13 Å². The summed E-state index contributed by atoms with van der Waals surface area (Å²) in [6.07, 6.45) is 1.74. The molecule has 0 bridgehead atoms. The summed E-state index contributed by atoms with van der Waals surface area (Å²) in [6, 6.07) is 16.3. The van der Waals surface area contributed by atoms with Crippen molar-refractivity contribution in [2.45, 2.75) is 12.3 Å². The van der Waals surface area contributed by atoms with Gasteiger partial charge in [-0.3, -0.25) is 18.7 Å². The van der Waals surface area contributed by atoms with E-state index in [4.69, 9.17) is 14.2 Å². The summed E-state index contributed by atoms with van der Waals surface area (Å²) in [5.74, 6) is 0.502. The summed E-state index contributed by atoms with van der Waals surface area (Å²) in [5.41, 5.74) is 4.00. The smallest absolute Gasteiger partial charge is 0.328 e. The van der Waals surface area contributed by atoms with Gasteiger partial charge in [0.15, 0.2) is 5.76 Å². The Hall–Kier alpha value is -4.59. The number of imidazole rings is 1. The molecule has 3 heterocycles. The molecule has 1 aromatic heterocycles. The molecule has 1 unspecified atom stereocenters. The monoisotopic (exact) mass is 482 g/mol. The second kappa shape index (κ2) is 7.98. The van der Waals surface area contributed by atoms with Crippen molar-refractivity contribution in [3.05, 3.63) is 93.1 Å². The molecule has 2 aliphatic rings. The van der Waals surface area contributed by atoms with Crippen molar-refractivity contribution in [1.29, 1.82) is 0 Å². The number of para-hydroxylation sites is 1. The maximum atomic E-state index is 13.3. The van der Waals surface area contributed by atoms with E-state index in [9.17, 15) is 14.4 Å². The van der Waals surface area contributed by atoms with Gasteiger partial charge in [0, 0.05) is 31.1 Å². The van der Waals surface area contributed by atoms with Crippen LogP contribution in [0.25, 0.3) is 17.1 Å². The van der Waals surface area contributed by atoms with Crippen molar-refractivity contribution in [2.24, 2.45) is 14.1 Å². The topological polar surface area (TPSA) is 88.8 Å². The summed E-state index contributed by atoms with van der Waals surface area (Å²) < 4.78 is 20.2. The summed E-state index contributed by atoms with van der Waals surface area (Å²) in [7, 11) is 5.00. The normalized spacial score (nSPS) is 17.6. The van der Waals surface area contributed by atoms with Gasteiger partial charge in [-0.15, -0.1) is 0 Å². The number of hydrogen-bond acceptors (Lipinski definition) is 6. The average molecular weight is 482 g/mol. The van der Waals surface area contributed by atoms with E-state index in [2.05, 4.69) is 0 Å². The van der Waals surface area contributed by atoms with Gasteiger partial charge in [-0.25, -0.2) is 4.79 Å². The first kappa shape index (κ1) is 21.9. The Balaban J connectivity index is 1.49. The molecule has 3 aromatic carbocycles. The molecule has 0 radical (unpaired) electrons. The van der Waals surface area contributed by atoms with E-state index in [1.54, 1.807) is 48.5 Å². The number of allylic oxidation sites excluding steroid dienone is 1. The molecule has 4 aromatic rings. The van der Waals surface area contributed by atoms with Gasteiger partial charge >= 0.3 is 11.7 Å². The first-order chi connectivity index (χ1) is 17.4. The number of carbonyl (C=O) groups excluding carboxylic acids is 2. The number of esters is 1. The highest BCUT2D eigenvalue weighted by Gasteiger charge is 2.38. The summed E-state index contributed by atoms with van der Waals surface area (Å²) in [5, 5.41) is 0. The predicted octanol–water partition coefficient (Wildman–Crippen LogP) is 3.94. The second-order valence-corrected chi connectivity index (χ2v) is 8.92. The molecule has 0 fully saturated rings. The molecular weight excluding hydrogens is 460 g/mol. The van der Waals surface area contributed by atoms with Crippen molar-refractivity contribution in [3.63, 3.8) is 0 Å². The molecule has 8 nitrogen and oxygen atoms in total. The molecule has 36 heavy (non-hydrogen) atoms. The third kappa shape index (κ3) is 3.18. The van der Waals surface area contributed by atoms with Crippen LogP contribution in [-0.2, 0) is 18.9 Å². The predicted molar refractivity (Wildman–Crippen MR) is 133 cm³/mol. The largest absolute Gasteiger partial charge is 0.496 e. The van der Waals surface area contributed by atoms with Crippen LogP contribution >= 0.6 is 0 Å². The molecule has 0 amide bonds. The van der Waals surface area contributed by atoms with Gasteiger partial charge < -0.3 is 14.2 Å². The lowest BCUT2D eigenvalue weighted by Crippen LogP contribution is -2.21. The van der Waals surface area contributed by atoms with E-state index < -0.39 is 5.92 Å². The molecule has 0 spiro atoms. The van der Waals surface area contributed by atoms with Crippen molar-refractivity contribution in [3.8, 4) is 17.2 Å². The Morgan fingerprint density at radius 1 is 0.944 bits per heavy atom. The molecule has 6 rings (SSSR count). The lowest BCUT2D eigenvalue weighted by atomic mass is 9.84. The van der Waals surface area contributed by atoms with Crippen molar-refractivity contribution in [2.75, 3.05) is 7.11 Å². The Morgan fingerprint density at radius 3 is 2.53 bits per heavy atom. The highest BCUT2D eigenvalue weighted by atomic mass is 16.5. The number of hydrogen-bond donors (Lipinski definition) is 0. The standard InChI is InChI=1S/C28H22N2O6/c1-29-19-10-8-15(12-20(19)30(2)28(29)33)18-14-24(31)35-22-11-9-17-26(32)23(36-27(17)25(18)22)13-16-6-4-5-7-21(16)34-3/h4-13,18H,14H2,1-3H3/b23-13-. The molecule has 2 aliphatic heterocycles. The Bertz CT molecular complexity index is 1690. The number of nitrogens with zero attached hydrogens (tertiary/aromatic N) is 2. The van der Waals surface area contributed by atoms with E-state index >= 15 is 0 Å². The zero-order chi connectivity index (χ0) is 25.1. The fraction of sp³-hybridized carbons (Fsp3) is 0.179. The maximum Gasteiger partial charge on any atom is 0.328 e. The summed E-state index contributed by atoms with van der Waals surface area (Å²) in [6.45, 7) is 0. The molecule has 0 N–H and O–H groups in total. The Morgan fingerprint density at radius 2 is 1.72 bits per heavy atom. The molecule has 0 saturated carbocycles. The van der Waals surface area contributed by atoms with Crippen LogP contribution in [-0.4, -0.2) is 28.0 Å². The molecule has 8 heteroatoms. The minimum Gasteiger partial charge on any atom is -0.496 e. The van der Waals surface area contributed by atoms with E-state index in [1.165, 1.54) is 0 Å². The fourth-order valence-corrected chi connectivity index (χ4v) is 5.06. The average Bonchev–Trinajstić information content (AvgIpc) is 3.31. The lowest BCUT2D eigenvalue weighted by molar-refractivity contribution is -0.135. The zero-order valence-corrected chi connectivity index (χ0v) is 19.9. The van der Waals surface area contributed by atoms with E-state index in [-0.39, 0.29) is 29.6 Å². The van der Waals surface area contributed by atoms with Crippen LogP contribution in [0.5, 0.6) is 17.2 Å². The van der Waals surface area contributed by atoms with Crippen LogP contribution in [0, 0.1) is 0 Å². The zero-order valence-electron chi connectivity index (χ0n) is 19.9. The first-order valence-electron chi connectivity index (χ1n) is 11.5. The number of rotatable bonds is 3. The third-order valence-electron chi connectivity index (χ3n) is 6.90. The van der Waals surface area contributed by atoms with Crippen LogP contribution < -0.4 is 19.9 Å². The van der Waals surface area contributed by atoms with E-state index in [0.717, 1.165) is 16.6 Å². The SMILES string of the molecule is COc1ccccc1/C=C1\Oc2c(ccc3c2C(c2ccc4c(c2)n(C)c(=O)n4C)CC(=O)O3)C1=O. The first-order valence-corrected chi connectivity index (χ1v) is 11.5. The number of ether oxygens (including phenoxy) is 3. The summed E-state index contributed by atoms with van der Waals surface area (Å²) >= 11 is 0. The van der Waals surface area contributed by atoms with Gasteiger partial charge in [0.25, 0.3) is 0 Å².